The van der Waals surface area contributed by atoms with Gasteiger partial charge in [-0.15, -0.1) is 0 Å². The number of aromatic nitrogens is 2. The lowest BCUT2D eigenvalue weighted by Gasteiger charge is -2.12. The summed E-state index contributed by atoms with van der Waals surface area (Å²) in [7, 11) is 0. The summed E-state index contributed by atoms with van der Waals surface area (Å²) >= 11 is 0. The first kappa shape index (κ1) is 12.6. The molecular weight excluding hydrogens is 238 g/mol. The van der Waals surface area contributed by atoms with Crippen molar-refractivity contribution >= 4 is 11.0 Å². The summed E-state index contributed by atoms with van der Waals surface area (Å²) in [6.07, 6.45) is 4.72. The van der Waals surface area contributed by atoms with E-state index in [9.17, 15) is 0 Å². The molecule has 1 unspecified atom stereocenters. The Morgan fingerprint density at radius 2 is 2.26 bits per heavy atom. The standard InChI is InChI=1S/C15H21N3O/c16-9-7-15-17-13-5-1-2-6-14(13)18(15)10-8-12-4-3-11-19-12/h1-2,5-6,12H,3-4,7-11,16H2. The summed E-state index contributed by atoms with van der Waals surface area (Å²) in [5, 5.41) is 0. The number of ether oxygens (including phenoxy) is 1. The third kappa shape index (κ3) is 2.65. The first-order chi connectivity index (χ1) is 9.38. The summed E-state index contributed by atoms with van der Waals surface area (Å²) in [4.78, 5) is 4.69. The van der Waals surface area contributed by atoms with Gasteiger partial charge in [-0.3, -0.25) is 0 Å². The Kier molecular flexibility index (Phi) is 3.80. The monoisotopic (exact) mass is 259 g/mol. The van der Waals surface area contributed by atoms with Gasteiger partial charge in [-0.05, 0) is 37.9 Å². The van der Waals surface area contributed by atoms with Crippen LogP contribution in [0.5, 0.6) is 0 Å². The first-order valence-corrected chi connectivity index (χ1v) is 7.14. The van der Waals surface area contributed by atoms with Crippen molar-refractivity contribution in [2.75, 3.05) is 13.2 Å². The van der Waals surface area contributed by atoms with Gasteiger partial charge in [-0.1, -0.05) is 12.1 Å². The molecule has 4 nitrogen and oxygen atoms in total. The number of hydrogen-bond donors (Lipinski definition) is 1. The molecule has 0 saturated carbocycles. The molecule has 4 heteroatoms. The molecule has 0 spiro atoms. The van der Waals surface area contributed by atoms with Crippen molar-refractivity contribution in [1.29, 1.82) is 0 Å². The fourth-order valence-electron chi connectivity index (χ4n) is 2.84. The van der Waals surface area contributed by atoms with E-state index in [4.69, 9.17) is 10.5 Å². The number of nitrogens with two attached hydrogens (primary N) is 1. The molecule has 1 saturated heterocycles. The number of aryl methyl sites for hydroxylation is 1. The molecule has 102 valence electrons. The van der Waals surface area contributed by atoms with Gasteiger partial charge in [-0.2, -0.15) is 0 Å². The van der Waals surface area contributed by atoms with E-state index in [1.165, 1.54) is 18.4 Å². The molecule has 1 atom stereocenters. The van der Waals surface area contributed by atoms with E-state index < -0.39 is 0 Å². The number of imidazole rings is 1. The Hall–Kier alpha value is -1.39. The van der Waals surface area contributed by atoms with Crippen LogP contribution in [0.4, 0.5) is 0 Å². The van der Waals surface area contributed by atoms with E-state index in [0.29, 0.717) is 12.6 Å². The predicted molar refractivity (Wildman–Crippen MR) is 76.1 cm³/mol. The van der Waals surface area contributed by atoms with Gasteiger partial charge in [0.25, 0.3) is 0 Å². The average Bonchev–Trinajstić information content (AvgIpc) is 3.04. The SMILES string of the molecule is NCCc1nc2ccccc2n1CCC1CCCO1. The van der Waals surface area contributed by atoms with E-state index in [1.54, 1.807) is 0 Å². The number of hydrogen-bond acceptors (Lipinski definition) is 3. The number of rotatable bonds is 5. The van der Waals surface area contributed by atoms with Gasteiger partial charge in [0.05, 0.1) is 17.1 Å². The number of fused-ring (bicyclic) bond motifs is 1. The fourth-order valence-corrected chi connectivity index (χ4v) is 2.84. The van der Waals surface area contributed by atoms with E-state index in [0.717, 1.165) is 37.3 Å². The van der Waals surface area contributed by atoms with Crippen LogP contribution in [0, 0.1) is 0 Å². The quantitative estimate of drug-likeness (QED) is 0.894. The van der Waals surface area contributed by atoms with Crippen LogP contribution >= 0.6 is 0 Å². The lowest BCUT2D eigenvalue weighted by atomic mass is 10.2. The van der Waals surface area contributed by atoms with Crippen LogP contribution < -0.4 is 5.73 Å². The lowest BCUT2D eigenvalue weighted by Crippen LogP contribution is -2.14. The molecule has 2 N–H and O–H groups in total. The molecule has 19 heavy (non-hydrogen) atoms. The highest BCUT2D eigenvalue weighted by Crippen LogP contribution is 2.20. The second-order valence-corrected chi connectivity index (χ2v) is 5.13. The Morgan fingerprint density at radius 3 is 3.05 bits per heavy atom. The summed E-state index contributed by atoms with van der Waals surface area (Å²) in [6, 6.07) is 8.31. The first-order valence-electron chi connectivity index (χ1n) is 7.14. The van der Waals surface area contributed by atoms with Gasteiger partial charge in [0, 0.05) is 19.6 Å². The highest BCUT2D eigenvalue weighted by Gasteiger charge is 2.17. The third-order valence-corrected chi connectivity index (χ3v) is 3.80. The van der Waals surface area contributed by atoms with Crippen LogP contribution in [0.3, 0.4) is 0 Å². The highest BCUT2D eigenvalue weighted by atomic mass is 16.5. The molecule has 0 amide bonds. The summed E-state index contributed by atoms with van der Waals surface area (Å²) < 4.78 is 8.01. The summed E-state index contributed by atoms with van der Waals surface area (Å²) in [5.41, 5.74) is 7.97. The lowest BCUT2D eigenvalue weighted by molar-refractivity contribution is 0.100. The Morgan fingerprint density at radius 1 is 1.37 bits per heavy atom. The molecule has 1 aromatic heterocycles. The maximum Gasteiger partial charge on any atom is 0.111 e. The maximum absolute atomic E-state index is 5.70. The molecule has 1 aliphatic rings. The van der Waals surface area contributed by atoms with Gasteiger partial charge < -0.3 is 15.0 Å². The molecular formula is C15H21N3O. The fraction of sp³-hybridized carbons (Fsp3) is 0.533. The third-order valence-electron chi connectivity index (χ3n) is 3.80. The molecule has 2 heterocycles. The zero-order valence-electron chi connectivity index (χ0n) is 11.2. The Bertz CT molecular complexity index is 543. The van der Waals surface area contributed by atoms with E-state index >= 15 is 0 Å². The zero-order valence-corrected chi connectivity index (χ0v) is 11.2. The summed E-state index contributed by atoms with van der Waals surface area (Å²) in [5.74, 6) is 1.10. The molecule has 0 bridgehead atoms. The van der Waals surface area contributed by atoms with Crippen molar-refractivity contribution in [3.63, 3.8) is 0 Å². The number of benzene rings is 1. The minimum absolute atomic E-state index is 0.423. The topological polar surface area (TPSA) is 53.1 Å². The molecule has 1 aromatic carbocycles. The minimum atomic E-state index is 0.423. The number of para-hydroxylation sites is 2. The number of nitrogens with zero attached hydrogens (tertiary/aromatic N) is 2. The zero-order chi connectivity index (χ0) is 13.1. The van der Waals surface area contributed by atoms with Gasteiger partial charge in [0.1, 0.15) is 5.82 Å². The molecule has 3 rings (SSSR count). The maximum atomic E-state index is 5.70. The summed E-state index contributed by atoms with van der Waals surface area (Å²) in [6.45, 7) is 2.54. The second-order valence-electron chi connectivity index (χ2n) is 5.13. The molecule has 0 radical (unpaired) electrons. The Balaban J connectivity index is 1.84. The van der Waals surface area contributed by atoms with Crippen LogP contribution in [0.1, 0.15) is 25.1 Å². The van der Waals surface area contributed by atoms with Crippen LogP contribution in [-0.4, -0.2) is 28.8 Å². The van der Waals surface area contributed by atoms with Gasteiger partial charge >= 0.3 is 0 Å². The molecule has 1 aliphatic heterocycles. The minimum Gasteiger partial charge on any atom is -0.378 e. The van der Waals surface area contributed by atoms with Gasteiger partial charge in [-0.25, -0.2) is 4.98 Å². The van der Waals surface area contributed by atoms with Crippen molar-refractivity contribution < 1.29 is 4.74 Å². The molecule has 2 aromatic rings. The van der Waals surface area contributed by atoms with Crippen molar-refractivity contribution in [2.24, 2.45) is 5.73 Å². The predicted octanol–water partition coefficient (Wildman–Crippen LogP) is 2.11. The second kappa shape index (κ2) is 5.72. The van der Waals surface area contributed by atoms with Crippen molar-refractivity contribution in [1.82, 2.24) is 9.55 Å². The van der Waals surface area contributed by atoms with Crippen LogP contribution in [0.15, 0.2) is 24.3 Å². The van der Waals surface area contributed by atoms with Gasteiger partial charge in [0.2, 0.25) is 0 Å². The largest absolute Gasteiger partial charge is 0.378 e. The molecule has 1 fully saturated rings. The van der Waals surface area contributed by atoms with Crippen molar-refractivity contribution in [2.45, 2.75) is 38.3 Å². The van der Waals surface area contributed by atoms with E-state index in [-0.39, 0.29) is 0 Å². The van der Waals surface area contributed by atoms with Gasteiger partial charge in [0.15, 0.2) is 0 Å². The van der Waals surface area contributed by atoms with Crippen LogP contribution in [0.25, 0.3) is 11.0 Å². The van der Waals surface area contributed by atoms with E-state index in [2.05, 4.69) is 27.8 Å². The Labute approximate surface area is 113 Å². The highest BCUT2D eigenvalue weighted by molar-refractivity contribution is 5.75. The van der Waals surface area contributed by atoms with Crippen molar-refractivity contribution in [3.05, 3.63) is 30.1 Å². The van der Waals surface area contributed by atoms with E-state index in [1.807, 2.05) is 6.07 Å². The normalized spacial score (nSPS) is 19.3. The molecule has 0 aliphatic carbocycles. The van der Waals surface area contributed by atoms with Crippen molar-refractivity contribution in [3.8, 4) is 0 Å². The van der Waals surface area contributed by atoms with Crippen LogP contribution in [-0.2, 0) is 17.7 Å². The average molecular weight is 259 g/mol. The van der Waals surface area contributed by atoms with Crippen LogP contribution in [0.2, 0.25) is 0 Å². The smallest absolute Gasteiger partial charge is 0.111 e.